The summed E-state index contributed by atoms with van der Waals surface area (Å²) in [5, 5.41) is 8.92. The number of hydrogen-bond donors (Lipinski definition) is 3. The average molecular weight is 306 g/mol. The Morgan fingerprint density at radius 1 is 1.14 bits per heavy atom. The Hall–Kier alpha value is -2.24. The van der Waals surface area contributed by atoms with E-state index in [1.807, 2.05) is 58.9 Å². The molecule has 0 spiro atoms. The van der Waals surface area contributed by atoms with Gasteiger partial charge in [-0.05, 0) is 58.9 Å². The van der Waals surface area contributed by atoms with Crippen LogP contribution in [0.15, 0.2) is 29.3 Å². The highest BCUT2D eigenvalue weighted by atomic mass is 16.6. The van der Waals surface area contributed by atoms with Crippen molar-refractivity contribution in [2.75, 3.05) is 23.7 Å². The van der Waals surface area contributed by atoms with Crippen molar-refractivity contribution in [3.05, 3.63) is 24.3 Å². The number of ether oxygens (including phenoxy) is 1. The zero-order valence-corrected chi connectivity index (χ0v) is 14.0. The number of hydrogen-bond acceptors (Lipinski definition) is 4. The molecule has 1 amide bonds. The van der Waals surface area contributed by atoms with Crippen LogP contribution in [0.3, 0.4) is 0 Å². The van der Waals surface area contributed by atoms with Crippen molar-refractivity contribution in [3.8, 4) is 0 Å². The van der Waals surface area contributed by atoms with E-state index in [2.05, 4.69) is 20.9 Å². The lowest BCUT2D eigenvalue weighted by atomic mass is 10.2. The summed E-state index contributed by atoms with van der Waals surface area (Å²) in [6.07, 6.45) is -0.531. The van der Waals surface area contributed by atoms with E-state index in [1.54, 1.807) is 0 Å². The van der Waals surface area contributed by atoms with Gasteiger partial charge in [0.05, 0.1) is 0 Å². The number of aliphatic imine (C=N–C) groups is 1. The van der Waals surface area contributed by atoms with Crippen LogP contribution in [-0.4, -0.2) is 30.7 Å². The summed E-state index contributed by atoms with van der Waals surface area (Å²) < 4.78 is 5.22. The van der Waals surface area contributed by atoms with Gasteiger partial charge in [-0.1, -0.05) is 0 Å². The number of guanidine groups is 1. The van der Waals surface area contributed by atoms with Gasteiger partial charge in [-0.15, -0.1) is 0 Å². The van der Waals surface area contributed by atoms with E-state index in [0.29, 0.717) is 12.5 Å². The number of anilines is 2. The largest absolute Gasteiger partial charge is 0.444 e. The normalized spacial score (nSPS) is 11.8. The first-order valence-electron chi connectivity index (χ1n) is 7.49. The fourth-order valence-corrected chi connectivity index (χ4v) is 1.68. The molecule has 0 aliphatic carbocycles. The number of carbonyl (C=O) groups excluding carboxylic acids is 1. The Labute approximate surface area is 132 Å². The molecular weight excluding hydrogens is 280 g/mol. The molecule has 0 unspecified atom stereocenters. The van der Waals surface area contributed by atoms with Crippen molar-refractivity contribution >= 4 is 23.4 Å². The fraction of sp³-hybridized carbons (Fsp3) is 0.500. The quantitative estimate of drug-likeness (QED) is 0.588. The molecule has 0 heterocycles. The summed E-state index contributed by atoms with van der Waals surface area (Å²) >= 11 is 0. The molecule has 3 N–H and O–H groups in total. The molecule has 0 atom stereocenters. The van der Waals surface area contributed by atoms with Crippen LogP contribution in [-0.2, 0) is 4.74 Å². The number of alkyl carbamates (subject to hydrolysis) is 1. The van der Waals surface area contributed by atoms with Gasteiger partial charge < -0.3 is 15.4 Å². The summed E-state index contributed by atoms with van der Waals surface area (Å²) in [6.45, 7) is 10.8. The van der Waals surface area contributed by atoms with E-state index in [1.165, 1.54) is 0 Å². The van der Waals surface area contributed by atoms with Crippen molar-refractivity contribution in [1.82, 2.24) is 5.32 Å². The van der Waals surface area contributed by atoms with Gasteiger partial charge in [0.2, 0.25) is 5.96 Å². The second-order valence-electron chi connectivity index (χ2n) is 5.68. The molecule has 6 heteroatoms. The van der Waals surface area contributed by atoms with Crippen LogP contribution in [0.4, 0.5) is 16.2 Å². The number of benzene rings is 1. The predicted octanol–water partition coefficient (Wildman–Crippen LogP) is 3.43. The SMILES string of the molecule is CCN=C(NC(=O)OC(C)(C)C)Nc1ccc(NCC)cc1. The minimum Gasteiger partial charge on any atom is -0.444 e. The summed E-state index contributed by atoms with van der Waals surface area (Å²) in [5.74, 6) is 0.368. The maximum absolute atomic E-state index is 11.8. The Morgan fingerprint density at radius 3 is 2.23 bits per heavy atom. The highest BCUT2D eigenvalue weighted by Gasteiger charge is 2.17. The third-order valence-electron chi connectivity index (χ3n) is 2.46. The topological polar surface area (TPSA) is 74.8 Å². The number of carbonyl (C=O) groups is 1. The molecule has 0 aliphatic heterocycles. The standard InChI is InChI=1S/C16H26N4O2/c1-6-17-12-8-10-13(11-9-12)19-14(18-7-2)20-15(21)22-16(3,4)5/h8-11,17H,6-7H2,1-5H3,(H2,18,19,20,21). The third kappa shape index (κ3) is 6.97. The van der Waals surface area contributed by atoms with Gasteiger partial charge in [-0.25, -0.2) is 4.79 Å². The van der Waals surface area contributed by atoms with E-state index in [9.17, 15) is 4.79 Å². The molecule has 0 saturated carbocycles. The Balaban J connectivity index is 2.68. The van der Waals surface area contributed by atoms with Gasteiger partial charge in [-0.3, -0.25) is 10.3 Å². The summed E-state index contributed by atoms with van der Waals surface area (Å²) in [6, 6.07) is 7.76. The molecule has 22 heavy (non-hydrogen) atoms. The van der Waals surface area contributed by atoms with Gasteiger partial charge in [-0.2, -0.15) is 0 Å². The fourth-order valence-electron chi connectivity index (χ4n) is 1.68. The van der Waals surface area contributed by atoms with Crippen molar-refractivity contribution in [3.63, 3.8) is 0 Å². The van der Waals surface area contributed by atoms with Gasteiger partial charge in [0.1, 0.15) is 5.60 Å². The Bertz CT molecular complexity index is 504. The summed E-state index contributed by atoms with van der Waals surface area (Å²) in [7, 11) is 0. The minimum absolute atomic E-state index is 0.368. The minimum atomic E-state index is -0.547. The predicted molar refractivity (Wildman–Crippen MR) is 91.6 cm³/mol. The number of nitrogens with one attached hydrogen (secondary N) is 3. The van der Waals surface area contributed by atoms with Crippen LogP contribution in [0.5, 0.6) is 0 Å². The van der Waals surface area contributed by atoms with Crippen molar-refractivity contribution in [1.29, 1.82) is 0 Å². The monoisotopic (exact) mass is 306 g/mol. The van der Waals surface area contributed by atoms with Crippen LogP contribution in [0.2, 0.25) is 0 Å². The Morgan fingerprint density at radius 2 is 1.73 bits per heavy atom. The van der Waals surface area contributed by atoms with E-state index < -0.39 is 11.7 Å². The smallest absolute Gasteiger partial charge is 0.414 e. The molecule has 0 aromatic heterocycles. The molecule has 0 fully saturated rings. The molecule has 122 valence electrons. The molecule has 1 aromatic rings. The molecule has 6 nitrogen and oxygen atoms in total. The number of amides is 1. The van der Waals surface area contributed by atoms with Crippen molar-refractivity contribution < 1.29 is 9.53 Å². The lowest BCUT2D eigenvalue weighted by Crippen LogP contribution is -2.40. The summed E-state index contributed by atoms with van der Waals surface area (Å²) in [5.41, 5.74) is 1.33. The molecule has 0 aliphatic rings. The zero-order chi connectivity index (χ0) is 16.6. The molecular formula is C16H26N4O2. The highest BCUT2D eigenvalue weighted by Crippen LogP contribution is 2.13. The van der Waals surface area contributed by atoms with E-state index in [4.69, 9.17) is 4.74 Å². The van der Waals surface area contributed by atoms with Crippen molar-refractivity contribution in [2.45, 2.75) is 40.2 Å². The molecule has 0 saturated heterocycles. The van der Waals surface area contributed by atoms with Crippen LogP contribution >= 0.6 is 0 Å². The summed E-state index contributed by atoms with van der Waals surface area (Å²) in [4.78, 5) is 16.0. The zero-order valence-electron chi connectivity index (χ0n) is 14.0. The van der Waals surface area contributed by atoms with E-state index in [-0.39, 0.29) is 0 Å². The molecule has 1 rings (SSSR count). The van der Waals surface area contributed by atoms with Crippen LogP contribution in [0, 0.1) is 0 Å². The van der Waals surface area contributed by atoms with Gasteiger partial charge >= 0.3 is 6.09 Å². The van der Waals surface area contributed by atoms with E-state index >= 15 is 0 Å². The second kappa shape index (κ2) is 8.26. The maximum atomic E-state index is 11.8. The van der Waals surface area contributed by atoms with Gasteiger partial charge in [0.15, 0.2) is 0 Å². The molecule has 0 bridgehead atoms. The maximum Gasteiger partial charge on any atom is 0.414 e. The molecule has 0 radical (unpaired) electrons. The first kappa shape index (κ1) is 17.8. The third-order valence-corrected chi connectivity index (χ3v) is 2.46. The van der Waals surface area contributed by atoms with Crippen LogP contribution in [0.1, 0.15) is 34.6 Å². The first-order chi connectivity index (χ1) is 10.3. The second-order valence-corrected chi connectivity index (χ2v) is 5.68. The first-order valence-corrected chi connectivity index (χ1v) is 7.49. The van der Waals surface area contributed by atoms with Crippen LogP contribution in [0.25, 0.3) is 0 Å². The van der Waals surface area contributed by atoms with Crippen molar-refractivity contribution in [2.24, 2.45) is 4.99 Å². The number of rotatable bonds is 4. The Kier molecular flexibility index (Phi) is 6.69. The number of nitrogens with zero attached hydrogens (tertiary/aromatic N) is 1. The lowest BCUT2D eigenvalue weighted by molar-refractivity contribution is 0.0563. The van der Waals surface area contributed by atoms with Gasteiger partial charge in [0.25, 0.3) is 0 Å². The lowest BCUT2D eigenvalue weighted by Gasteiger charge is -2.20. The van der Waals surface area contributed by atoms with Gasteiger partial charge in [0, 0.05) is 24.5 Å². The average Bonchev–Trinajstić information content (AvgIpc) is 2.39. The molecule has 1 aromatic carbocycles. The van der Waals surface area contributed by atoms with E-state index in [0.717, 1.165) is 17.9 Å². The highest BCUT2D eigenvalue weighted by molar-refractivity contribution is 6.02. The van der Waals surface area contributed by atoms with Crippen LogP contribution < -0.4 is 16.0 Å².